The lowest BCUT2D eigenvalue weighted by atomic mass is 10.0. The zero-order chi connectivity index (χ0) is 14.5. The third kappa shape index (κ3) is 9.14. The van der Waals surface area contributed by atoms with E-state index in [1.807, 2.05) is 0 Å². The maximum Gasteiger partial charge on any atom is 0.0466 e. The van der Waals surface area contributed by atoms with Crippen LogP contribution in [0.4, 0.5) is 0 Å². The lowest BCUT2D eigenvalue weighted by Gasteiger charge is -2.05. The molecule has 1 radical (unpaired) electrons. The van der Waals surface area contributed by atoms with Gasteiger partial charge < -0.3 is 4.74 Å². The van der Waals surface area contributed by atoms with E-state index in [1.54, 1.807) is 0 Å². The molecule has 20 heavy (non-hydrogen) atoms. The molecule has 0 spiro atoms. The summed E-state index contributed by atoms with van der Waals surface area (Å²) in [6.07, 6.45) is 11.5. The van der Waals surface area contributed by atoms with Gasteiger partial charge in [-0.25, -0.2) is 0 Å². The van der Waals surface area contributed by atoms with Gasteiger partial charge in [0, 0.05) is 13.2 Å². The Bertz CT molecular complexity index is 332. The fourth-order valence-electron chi connectivity index (χ4n) is 2.40. The van der Waals surface area contributed by atoms with Crippen LogP contribution >= 0.6 is 0 Å². The van der Waals surface area contributed by atoms with Crippen LogP contribution in [0.2, 0.25) is 0 Å². The van der Waals surface area contributed by atoms with Crippen LogP contribution in [-0.4, -0.2) is 13.2 Å². The molecular weight excluding hydrogens is 244 g/mol. The van der Waals surface area contributed by atoms with Crippen LogP contribution in [0, 0.1) is 6.92 Å². The molecule has 0 heterocycles. The van der Waals surface area contributed by atoms with E-state index in [0.29, 0.717) is 0 Å². The van der Waals surface area contributed by atoms with Gasteiger partial charge in [0.2, 0.25) is 0 Å². The highest BCUT2D eigenvalue weighted by atomic mass is 16.5. The second-order valence-electron chi connectivity index (χ2n) is 5.66. The smallest absolute Gasteiger partial charge is 0.0466 e. The van der Waals surface area contributed by atoms with Crippen molar-refractivity contribution in [2.24, 2.45) is 0 Å². The largest absolute Gasteiger partial charge is 0.381 e. The Morgan fingerprint density at radius 2 is 1.60 bits per heavy atom. The highest BCUT2D eigenvalue weighted by molar-refractivity contribution is 5.25. The van der Waals surface area contributed by atoms with Crippen molar-refractivity contribution < 1.29 is 4.74 Å². The van der Waals surface area contributed by atoms with Crippen molar-refractivity contribution in [3.63, 3.8) is 0 Å². The molecule has 1 rings (SSSR count). The van der Waals surface area contributed by atoms with Crippen LogP contribution in [0.3, 0.4) is 0 Å². The third-order valence-electron chi connectivity index (χ3n) is 3.64. The van der Waals surface area contributed by atoms with Gasteiger partial charge in [0.1, 0.15) is 0 Å². The quantitative estimate of drug-likeness (QED) is 0.453. The van der Waals surface area contributed by atoms with E-state index in [4.69, 9.17) is 4.74 Å². The molecule has 0 fully saturated rings. The zero-order valence-electron chi connectivity index (χ0n) is 13.2. The molecule has 0 saturated carbocycles. The highest BCUT2D eigenvalue weighted by Crippen LogP contribution is 2.10. The van der Waals surface area contributed by atoms with Gasteiger partial charge in [-0.1, -0.05) is 63.3 Å². The van der Waals surface area contributed by atoms with Crippen molar-refractivity contribution >= 4 is 0 Å². The Morgan fingerprint density at radius 1 is 0.900 bits per heavy atom. The van der Waals surface area contributed by atoms with Crippen molar-refractivity contribution in [1.82, 2.24) is 0 Å². The Hall–Kier alpha value is -0.820. The fourth-order valence-corrected chi connectivity index (χ4v) is 2.40. The van der Waals surface area contributed by atoms with Gasteiger partial charge in [0.05, 0.1) is 0 Å². The Balaban J connectivity index is 1.85. The topological polar surface area (TPSA) is 9.23 Å². The van der Waals surface area contributed by atoms with E-state index in [0.717, 1.165) is 18.8 Å². The van der Waals surface area contributed by atoms with Crippen LogP contribution < -0.4 is 0 Å². The minimum absolute atomic E-state index is 0.945. The van der Waals surface area contributed by atoms with Crippen LogP contribution in [0.1, 0.15) is 69.4 Å². The molecule has 113 valence electrons. The standard InChI is InChI=1S/C19H31O/c1-3-4-5-9-15-20-16-10-7-6-8-13-19-14-11-12-18(2)17-19/h11-12,14,17H,2-10,13,15-16H2,1H3. The summed E-state index contributed by atoms with van der Waals surface area (Å²) in [5.41, 5.74) is 2.55. The molecule has 0 amide bonds. The second kappa shape index (κ2) is 12.0. The van der Waals surface area contributed by atoms with Gasteiger partial charge in [0.25, 0.3) is 0 Å². The van der Waals surface area contributed by atoms with Gasteiger partial charge in [-0.15, -0.1) is 0 Å². The minimum atomic E-state index is 0.945. The highest BCUT2D eigenvalue weighted by Gasteiger charge is 1.95. The monoisotopic (exact) mass is 275 g/mol. The molecule has 0 bridgehead atoms. The molecule has 1 nitrogen and oxygen atoms in total. The average molecular weight is 275 g/mol. The number of aryl methyl sites for hydroxylation is 1. The van der Waals surface area contributed by atoms with Gasteiger partial charge in [-0.3, -0.25) is 0 Å². The second-order valence-corrected chi connectivity index (χ2v) is 5.66. The third-order valence-corrected chi connectivity index (χ3v) is 3.64. The molecule has 0 aromatic heterocycles. The molecule has 1 heteroatoms. The van der Waals surface area contributed by atoms with Crippen molar-refractivity contribution in [3.05, 3.63) is 42.3 Å². The lowest BCUT2D eigenvalue weighted by molar-refractivity contribution is 0.126. The summed E-state index contributed by atoms with van der Waals surface area (Å²) < 4.78 is 5.65. The first-order valence-electron chi connectivity index (χ1n) is 8.31. The van der Waals surface area contributed by atoms with Crippen molar-refractivity contribution in [3.8, 4) is 0 Å². The predicted octanol–water partition coefficient (Wildman–Crippen LogP) is 5.57. The Labute approximate surface area is 125 Å². The molecule has 0 saturated heterocycles. The number of benzene rings is 1. The summed E-state index contributed by atoms with van der Waals surface area (Å²) in [4.78, 5) is 0. The maximum atomic E-state index is 5.65. The first-order chi connectivity index (χ1) is 9.83. The van der Waals surface area contributed by atoms with E-state index >= 15 is 0 Å². The summed E-state index contributed by atoms with van der Waals surface area (Å²) in [5.74, 6) is 0. The molecule has 1 aromatic carbocycles. The first-order valence-corrected chi connectivity index (χ1v) is 8.31. The molecule has 0 aliphatic heterocycles. The van der Waals surface area contributed by atoms with Crippen molar-refractivity contribution in [2.45, 2.75) is 64.7 Å². The summed E-state index contributed by atoms with van der Waals surface area (Å²) in [7, 11) is 0. The lowest BCUT2D eigenvalue weighted by Crippen LogP contribution is -1.97. The fraction of sp³-hybridized carbons (Fsp3) is 0.632. The number of unbranched alkanes of at least 4 members (excludes halogenated alkanes) is 6. The summed E-state index contributed by atoms with van der Waals surface area (Å²) in [5, 5.41) is 0. The number of hydrogen-bond donors (Lipinski definition) is 0. The van der Waals surface area contributed by atoms with Crippen molar-refractivity contribution in [1.29, 1.82) is 0 Å². The minimum Gasteiger partial charge on any atom is -0.381 e. The normalized spacial score (nSPS) is 10.9. The molecule has 0 atom stereocenters. The van der Waals surface area contributed by atoms with Gasteiger partial charge in [0.15, 0.2) is 0 Å². The molecule has 0 aliphatic rings. The Kier molecular flexibility index (Phi) is 10.3. The first kappa shape index (κ1) is 17.2. The van der Waals surface area contributed by atoms with Gasteiger partial charge >= 0.3 is 0 Å². The SMILES string of the molecule is [CH2]c1cccc(CCCCCCOCCCCCC)c1. The van der Waals surface area contributed by atoms with E-state index in [1.165, 1.54) is 63.4 Å². The Morgan fingerprint density at radius 3 is 2.30 bits per heavy atom. The van der Waals surface area contributed by atoms with Crippen LogP contribution in [0.5, 0.6) is 0 Å². The zero-order valence-corrected chi connectivity index (χ0v) is 13.2. The summed E-state index contributed by atoms with van der Waals surface area (Å²) >= 11 is 0. The number of ether oxygens (including phenoxy) is 1. The van der Waals surface area contributed by atoms with Crippen LogP contribution in [0.15, 0.2) is 24.3 Å². The molecule has 0 aliphatic carbocycles. The van der Waals surface area contributed by atoms with E-state index in [-0.39, 0.29) is 0 Å². The average Bonchev–Trinajstić information content (AvgIpc) is 2.45. The van der Waals surface area contributed by atoms with Crippen LogP contribution in [0.25, 0.3) is 0 Å². The van der Waals surface area contributed by atoms with Gasteiger partial charge in [-0.05, 0) is 43.7 Å². The molecule has 1 aromatic rings. The number of rotatable bonds is 12. The summed E-state index contributed by atoms with van der Waals surface area (Å²) in [6, 6.07) is 8.55. The molecule has 0 unspecified atom stereocenters. The van der Waals surface area contributed by atoms with Crippen molar-refractivity contribution in [2.75, 3.05) is 13.2 Å². The van der Waals surface area contributed by atoms with Crippen LogP contribution in [-0.2, 0) is 11.2 Å². The maximum absolute atomic E-state index is 5.65. The van der Waals surface area contributed by atoms with E-state index in [9.17, 15) is 0 Å². The van der Waals surface area contributed by atoms with Gasteiger partial charge in [-0.2, -0.15) is 0 Å². The van der Waals surface area contributed by atoms with E-state index < -0.39 is 0 Å². The van der Waals surface area contributed by atoms with E-state index in [2.05, 4.69) is 38.1 Å². The molecular formula is C19H31O. The number of hydrogen-bond acceptors (Lipinski definition) is 1. The predicted molar refractivity (Wildman–Crippen MR) is 88.0 cm³/mol. The summed E-state index contributed by atoms with van der Waals surface area (Å²) in [6.45, 7) is 8.11. The molecule has 0 N–H and O–H groups in total.